The smallest absolute Gasteiger partial charge is 0.343 e. The lowest BCUT2D eigenvalue weighted by Gasteiger charge is -2.08. The number of carbonyl (C=O) groups is 2. The molecule has 0 N–H and O–H groups in total. The first-order valence-electron chi connectivity index (χ1n) is 8.07. The van der Waals surface area contributed by atoms with E-state index in [1.54, 1.807) is 63.2 Å². The SMILES string of the molecule is Cc1oc2ccc(OC(=O)c3ccc(Cl)cc3)cc2c1C(=O)OC(C)C. The summed E-state index contributed by atoms with van der Waals surface area (Å²) in [6, 6.07) is 11.2. The van der Waals surface area contributed by atoms with E-state index in [0.717, 1.165) is 0 Å². The quantitative estimate of drug-likeness (QED) is 0.466. The number of fused-ring (bicyclic) bond motifs is 1. The van der Waals surface area contributed by atoms with Gasteiger partial charge in [-0.25, -0.2) is 9.59 Å². The van der Waals surface area contributed by atoms with Gasteiger partial charge in [0.1, 0.15) is 22.7 Å². The summed E-state index contributed by atoms with van der Waals surface area (Å²) < 4.78 is 16.3. The van der Waals surface area contributed by atoms with Crippen LogP contribution in [0.3, 0.4) is 0 Å². The van der Waals surface area contributed by atoms with Gasteiger partial charge in [0.2, 0.25) is 0 Å². The van der Waals surface area contributed by atoms with Crippen molar-refractivity contribution < 1.29 is 23.5 Å². The molecule has 0 fully saturated rings. The lowest BCUT2D eigenvalue weighted by atomic mass is 10.1. The van der Waals surface area contributed by atoms with E-state index in [0.29, 0.717) is 38.6 Å². The first kappa shape index (κ1) is 18.0. The number of carbonyl (C=O) groups excluding carboxylic acids is 2. The standard InChI is InChI=1S/C20H17ClO5/c1-11(2)24-20(23)18-12(3)25-17-9-8-15(10-16(17)18)26-19(22)13-4-6-14(21)7-5-13/h4-11H,1-3H3. The minimum absolute atomic E-state index is 0.252. The van der Waals surface area contributed by atoms with Crippen LogP contribution >= 0.6 is 11.6 Å². The molecule has 0 unspecified atom stereocenters. The molecule has 26 heavy (non-hydrogen) atoms. The van der Waals surface area contributed by atoms with Crippen LogP contribution in [0.1, 0.15) is 40.3 Å². The molecule has 0 aliphatic rings. The largest absolute Gasteiger partial charge is 0.460 e. The summed E-state index contributed by atoms with van der Waals surface area (Å²) in [5.41, 5.74) is 1.22. The molecule has 0 bridgehead atoms. The summed E-state index contributed by atoms with van der Waals surface area (Å²) in [5.74, 6) is -0.242. The normalized spacial score (nSPS) is 11.0. The number of benzene rings is 2. The number of furan rings is 1. The van der Waals surface area contributed by atoms with Gasteiger partial charge in [0.15, 0.2) is 0 Å². The van der Waals surface area contributed by atoms with Gasteiger partial charge in [0, 0.05) is 10.4 Å². The maximum atomic E-state index is 12.3. The average Bonchev–Trinajstić information content (AvgIpc) is 2.90. The Hall–Kier alpha value is -2.79. The number of halogens is 1. The van der Waals surface area contributed by atoms with Crippen molar-refractivity contribution in [3.63, 3.8) is 0 Å². The molecule has 5 nitrogen and oxygen atoms in total. The van der Waals surface area contributed by atoms with Gasteiger partial charge in [-0.3, -0.25) is 0 Å². The lowest BCUT2D eigenvalue weighted by Crippen LogP contribution is -2.12. The fraction of sp³-hybridized carbons (Fsp3) is 0.200. The third-order valence-corrected chi connectivity index (χ3v) is 3.92. The number of rotatable bonds is 4. The molecule has 3 aromatic rings. The van der Waals surface area contributed by atoms with Gasteiger partial charge in [-0.15, -0.1) is 0 Å². The molecule has 0 spiro atoms. The van der Waals surface area contributed by atoms with E-state index in [4.69, 9.17) is 25.5 Å². The topological polar surface area (TPSA) is 65.7 Å². The third kappa shape index (κ3) is 3.73. The molecule has 0 amide bonds. The van der Waals surface area contributed by atoms with E-state index in [-0.39, 0.29) is 6.10 Å². The molecule has 6 heteroatoms. The Morgan fingerprint density at radius 3 is 2.38 bits per heavy atom. The molecule has 2 aromatic carbocycles. The summed E-state index contributed by atoms with van der Waals surface area (Å²) in [6.07, 6.45) is -0.252. The van der Waals surface area contributed by atoms with Gasteiger partial charge < -0.3 is 13.9 Å². The zero-order valence-corrected chi connectivity index (χ0v) is 15.3. The first-order chi connectivity index (χ1) is 12.3. The minimum atomic E-state index is -0.521. The summed E-state index contributed by atoms with van der Waals surface area (Å²) in [5, 5.41) is 1.07. The fourth-order valence-electron chi connectivity index (χ4n) is 2.54. The van der Waals surface area contributed by atoms with Crippen LogP contribution < -0.4 is 4.74 Å². The van der Waals surface area contributed by atoms with Crippen molar-refractivity contribution in [2.45, 2.75) is 26.9 Å². The Morgan fingerprint density at radius 1 is 1.04 bits per heavy atom. The highest BCUT2D eigenvalue weighted by atomic mass is 35.5. The van der Waals surface area contributed by atoms with Gasteiger partial charge >= 0.3 is 11.9 Å². The van der Waals surface area contributed by atoms with Crippen molar-refractivity contribution in [1.29, 1.82) is 0 Å². The molecule has 134 valence electrons. The lowest BCUT2D eigenvalue weighted by molar-refractivity contribution is 0.0378. The molecule has 0 atom stereocenters. The van der Waals surface area contributed by atoms with E-state index in [9.17, 15) is 9.59 Å². The summed E-state index contributed by atoms with van der Waals surface area (Å²) >= 11 is 5.82. The number of ether oxygens (including phenoxy) is 2. The van der Waals surface area contributed by atoms with Gasteiger partial charge in [0.25, 0.3) is 0 Å². The number of esters is 2. The number of hydrogen-bond donors (Lipinski definition) is 0. The van der Waals surface area contributed by atoms with Crippen LogP contribution in [0.4, 0.5) is 0 Å². The molecule has 0 radical (unpaired) electrons. The molecule has 0 saturated heterocycles. The van der Waals surface area contributed by atoms with Crippen molar-refractivity contribution >= 4 is 34.5 Å². The second kappa shape index (κ2) is 7.22. The Morgan fingerprint density at radius 2 is 1.73 bits per heavy atom. The van der Waals surface area contributed by atoms with E-state index >= 15 is 0 Å². The molecular weight excluding hydrogens is 356 g/mol. The van der Waals surface area contributed by atoms with E-state index in [2.05, 4.69) is 0 Å². The molecule has 0 aliphatic heterocycles. The second-order valence-corrected chi connectivity index (χ2v) is 6.48. The summed E-state index contributed by atoms with van der Waals surface area (Å²) in [7, 11) is 0. The van der Waals surface area contributed by atoms with Crippen LogP contribution in [0.25, 0.3) is 11.0 Å². The highest BCUT2D eigenvalue weighted by Gasteiger charge is 2.21. The molecular formula is C20H17ClO5. The highest BCUT2D eigenvalue weighted by Crippen LogP contribution is 2.30. The molecule has 0 aliphatic carbocycles. The van der Waals surface area contributed by atoms with Crippen LogP contribution in [0.15, 0.2) is 46.9 Å². The predicted molar refractivity (Wildman–Crippen MR) is 97.9 cm³/mol. The van der Waals surface area contributed by atoms with Crippen LogP contribution in [0.2, 0.25) is 5.02 Å². The minimum Gasteiger partial charge on any atom is -0.460 e. The van der Waals surface area contributed by atoms with Crippen molar-refractivity contribution in [3.8, 4) is 5.75 Å². The highest BCUT2D eigenvalue weighted by molar-refractivity contribution is 6.30. The van der Waals surface area contributed by atoms with Crippen molar-refractivity contribution in [2.24, 2.45) is 0 Å². The fourth-order valence-corrected chi connectivity index (χ4v) is 2.67. The van der Waals surface area contributed by atoms with E-state index < -0.39 is 11.9 Å². The zero-order chi connectivity index (χ0) is 18.8. The third-order valence-electron chi connectivity index (χ3n) is 3.67. The van der Waals surface area contributed by atoms with Crippen molar-refractivity contribution in [3.05, 3.63) is 64.4 Å². The predicted octanol–water partition coefficient (Wildman–Crippen LogP) is 5.18. The Labute approximate surface area is 155 Å². The molecule has 1 aromatic heterocycles. The van der Waals surface area contributed by atoms with E-state index in [1.807, 2.05) is 0 Å². The Bertz CT molecular complexity index is 970. The van der Waals surface area contributed by atoms with E-state index in [1.165, 1.54) is 0 Å². The van der Waals surface area contributed by atoms with Gasteiger partial charge in [-0.05, 0) is 63.2 Å². The first-order valence-corrected chi connectivity index (χ1v) is 8.45. The average molecular weight is 373 g/mol. The van der Waals surface area contributed by atoms with Crippen LogP contribution in [0, 0.1) is 6.92 Å². The maximum absolute atomic E-state index is 12.3. The van der Waals surface area contributed by atoms with Gasteiger partial charge in [0.05, 0.1) is 11.7 Å². The second-order valence-electron chi connectivity index (χ2n) is 6.04. The molecule has 0 saturated carbocycles. The molecule has 1 heterocycles. The summed E-state index contributed by atoms with van der Waals surface area (Å²) in [4.78, 5) is 24.6. The van der Waals surface area contributed by atoms with Crippen LogP contribution in [-0.4, -0.2) is 18.0 Å². The van der Waals surface area contributed by atoms with Crippen LogP contribution in [0.5, 0.6) is 5.75 Å². The maximum Gasteiger partial charge on any atom is 0.343 e. The molecule has 3 rings (SSSR count). The number of hydrogen-bond acceptors (Lipinski definition) is 5. The zero-order valence-electron chi connectivity index (χ0n) is 14.5. The monoisotopic (exact) mass is 372 g/mol. The van der Waals surface area contributed by atoms with Gasteiger partial charge in [-0.2, -0.15) is 0 Å². The Kier molecular flexibility index (Phi) is 5.00. The number of aryl methyl sites for hydroxylation is 1. The Balaban J connectivity index is 1.92. The van der Waals surface area contributed by atoms with Crippen LogP contribution in [-0.2, 0) is 4.74 Å². The van der Waals surface area contributed by atoms with Crippen molar-refractivity contribution in [2.75, 3.05) is 0 Å². The van der Waals surface area contributed by atoms with Crippen molar-refractivity contribution in [1.82, 2.24) is 0 Å². The summed E-state index contributed by atoms with van der Waals surface area (Å²) in [6.45, 7) is 5.24. The van der Waals surface area contributed by atoms with Gasteiger partial charge in [-0.1, -0.05) is 11.6 Å².